The molecular weight excluding hydrogens is 466 g/mol. The molecule has 2 fully saturated rings. The average molecular weight is 492 g/mol. The number of amides is 3. The molecule has 0 saturated heterocycles. The van der Waals surface area contributed by atoms with E-state index in [2.05, 4.69) is 38.7 Å². The van der Waals surface area contributed by atoms with Crippen molar-refractivity contribution in [3.05, 3.63) is 40.9 Å². The van der Waals surface area contributed by atoms with Gasteiger partial charge in [-0.1, -0.05) is 28.1 Å². The van der Waals surface area contributed by atoms with Crippen molar-refractivity contribution < 1.29 is 24.3 Å². The molecule has 4 atom stereocenters. The number of hydrogen-bond acceptors (Lipinski definition) is 4. The molecule has 1 aromatic carbocycles. The fourth-order valence-electron chi connectivity index (χ4n) is 5.06. The lowest BCUT2D eigenvalue weighted by Gasteiger charge is -2.26. The van der Waals surface area contributed by atoms with Gasteiger partial charge in [0.25, 0.3) is 6.47 Å². The van der Waals surface area contributed by atoms with Crippen LogP contribution in [0.1, 0.15) is 25.7 Å². The first-order chi connectivity index (χ1) is 14.8. The number of nitrogens with two attached hydrogens (primary N) is 1. The van der Waals surface area contributed by atoms with Gasteiger partial charge in [0.1, 0.15) is 0 Å². The summed E-state index contributed by atoms with van der Waals surface area (Å²) in [7, 11) is 0. The number of nitrogens with one attached hydrogen (secondary N) is 2. The predicted octanol–water partition coefficient (Wildman–Crippen LogP) is 2.30. The number of halogens is 1. The SMILES string of the molecule is NC(=O)CCCNC(=O)[C@H]1[C@H](C(=O)Nc2ccc(Br)cc2)[C@@H]2C=C[C@H]1C21CC1.O=CO. The van der Waals surface area contributed by atoms with Crippen molar-refractivity contribution in [3.8, 4) is 0 Å². The molecule has 0 heterocycles. The Hall–Kier alpha value is -2.68. The van der Waals surface area contributed by atoms with Gasteiger partial charge in [0.2, 0.25) is 17.7 Å². The summed E-state index contributed by atoms with van der Waals surface area (Å²) in [6, 6.07) is 7.44. The van der Waals surface area contributed by atoms with Crippen molar-refractivity contribution >= 4 is 45.8 Å². The van der Waals surface area contributed by atoms with Gasteiger partial charge in [-0.2, -0.15) is 0 Å². The van der Waals surface area contributed by atoms with E-state index in [1.165, 1.54) is 0 Å². The summed E-state index contributed by atoms with van der Waals surface area (Å²) in [5.74, 6) is -1.05. The van der Waals surface area contributed by atoms with Gasteiger partial charge in [-0.15, -0.1) is 0 Å². The van der Waals surface area contributed by atoms with E-state index in [4.69, 9.17) is 15.6 Å². The van der Waals surface area contributed by atoms with Gasteiger partial charge < -0.3 is 21.5 Å². The zero-order valence-corrected chi connectivity index (χ0v) is 18.5. The van der Waals surface area contributed by atoms with Crippen LogP contribution >= 0.6 is 15.9 Å². The third kappa shape index (κ3) is 4.81. The molecule has 0 radical (unpaired) electrons. The number of primary amides is 1. The third-order valence-electron chi connectivity index (χ3n) is 6.46. The monoisotopic (exact) mass is 491 g/mol. The standard InChI is InChI=1S/C21H24BrN3O3.CH2O2/c22-12-3-5-13(6-4-12)25-20(28)18-15-8-7-14(21(15)9-10-21)17(18)19(27)24-11-1-2-16(23)26;2-1-3/h3-8,14-15,17-18H,1-2,9-11H2,(H2,23,26)(H,24,27)(H,25,28);1H,(H,2,3)/t14-,15+,17-,18-;/m1./s1. The number of anilines is 1. The summed E-state index contributed by atoms with van der Waals surface area (Å²) in [5, 5.41) is 12.8. The smallest absolute Gasteiger partial charge is 0.290 e. The van der Waals surface area contributed by atoms with E-state index in [1.807, 2.05) is 24.3 Å². The molecule has 1 spiro atoms. The van der Waals surface area contributed by atoms with Gasteiger partial charge >= 0.3 is 0 Å². The normalized spacial score (nSPS) is 26.0. The van der Waals surface area contributed by atoms with Crippen LogP contribution in [0.25, 0.3) is 0 Å². The van der Waals surface area contributed by atoms with Crippen LogP contribution < -0.4 is 16.4 Å². The minimum absolute atomic E-state index is 0.0939. The first-order valence-electron chi connectivity index (χ1n) is 10.2. The quantitative estimate of drug-likeness (QED) is 0.263. The topological polar surface area (TPSA) is 139 Å². The van der Waals surface area contributed by atoms with Crippen molar-refractivity contribution in [2.45, 2.75) is 25.7 Å². The first kappa shape index (κ1) is 23.0. The fraction of sp³-hybridized carbons (Fsp3) is 0.455. The predicted molar refractivity (Wildman–Crippen MR) is 118 cm³/mol. The van der Waals surface area contributed by atoms with Crippen LogP contribution in [0.2, 0.25) is 0 Å². The number of hydrogen-bond donors (Lipinski definition) is 4. The second kappa shape index (κ2) is 9.64. The molecular formula is C22H26BrN3O5. The van der Waals surface area contributed by atoms with Crippen LogP contribution in [-0.2, 0) is 19.2 Å². The van der Waals surface area contributed by atoms with Gasteiger partial charge in [-0.05, 0) is 60.8 Å². The molecule has 4 rings (SSSR count). The van der Waals surface area contributed by atoms with Crippen molar-refractivity contribution in [2.75, 3.05) is 11.9 Å². The minimum atomic E-state index is -0.374. The summed E-state index contributed by atoms with van der Waals surface area (Å²) in [6.07, 6.45) is 7.17. The van der Waals surface area contributed by atoms with Crippen molar-refractivity contribution in [1.29, 1.82) is 0 Å². The number of carboxylic acid groups (broad SMARTS) is 1. The molecule has 3 aliphatic carbocycles. The second-order valence-electron chi connectivity index (χ2n) is 8.18. The molecule has 3 aliphatic rings. The Morgan fingerprint density at radius 2 is 1.65 bits per heavy atom. The van der Waals surface area contributed by atoms with Gasteiger partial charge in [-0.25, -0.2) is 0 Å². The molecule has 0 aromatic heterocycles. The molecule has 3 amide bonds. The fourth-order valence-corrected chi connectivity index (χ4v) is 5.32. The Bertz CT molecular complexity index is 882. The van der Waals surface area contributed by atoms with Crippen molar-refractivity contribution in [2.24, 2.45) is 34.8 Å². The van der Waals surface area contributed by atoms with Gasteiger partial charge in [0.15, 0.2) is 0 Å². The van der Waals surface area contributed by atoms with E-state index in [9.17, 15) is 14.4 Å². The molecule has 166 valence electrons. The molecule has 5 N–H and O–H groups in total. The molecule has 0 unspecified atom stereocenters. The maximum Gasteiger partial charge on any atom is 0.290 e. The maximum atomic E-state index is 13.1. The van der Waals surface area contributed by atoms with E-state index >= 15 is 0 Å². The second-order valence-corrected chi connectivity index (χ2v) is 9.10. The molecule has 0 aliphatic heterocycles. The van der Waals surface area contributed by atoms with Crippen LogP contribution in [-0.4, -0.2) is 35.8 Å². The van der Waals surface area contributed by atoms with Gasteiger partial charge in [0.05, 0.1) is 11.8 Å². The highest BCUT2D eigenvalue weighted by Crippen LogP contribution is 2.72. The van der Waals surface area contributed by atoms with Crippen LogP contribution in [0.4, 0.5) is 5.69 Å². The highest BCUT2D eigenvalue weighted by Gasteiger charge is 2.69. The third-order valence-corrected chi connectivity index (χ3v) is 6.99. The Balaban J connectivity index is 0.000000858. The highest BCUT2D eigenvalue weighted by molar-refractivity contribution is 9.10. The Labute approximate surface area is 188 Å². The van der Waals surface area contributed by atoms with Crippen LogP contribution in [0.5, 0.6) is 0 Å². The van der Waals surface area contributed by atoms with Gasteiger partial charge in [-0.3, -0.25) is 19.2 Å². The first-order valence-corrected chi connectivity index (χ1v) is 11.0. The Kier molecular flexibility index (Phi) is 7.15. The zero-order valence-electron chi connectivity index (χ0n) is 16.9. The largest absolute Gasteiger partial charge is 0.483 e. The van der Waals surface area contributed by atoms with E-state index in [0.29, 0.717) is 13.0 Å². The molecule has 8 nitrogen and oxygen atoms in total. The zero-order chi connectivity index (χ0) is 22.6. The number of carbonyl (C=O) groups is 4. The van der Waals surface area contributed by atoms with Crippen LogP contribution in [0, 0.1) is 29.1 Å². The number of rotatable bonds is 7. The van der Waals surface area contributed by atoms with E-state index in [-0.39, 0.29) is 59.7 Å². The Morgan fingerprint density at radius 1 is 1.10 bits per heavy atom. The average Bonchev–Trinajstić information content (AvgIpc) is 3.39. The minimum Gasteiger partial charge on any atom is -0.483 e. The molecule has 9 heteroatoms. The molecule has 31 heavy (non-hydrogen) atoms. The molecule has 2 bridgehead atoms. The number of benzene rings is 1. The summed E-state index contributed by atoms with van der Waals surface area (Å²) in [4.78, 5) is 45.3. The van der Waals surface area contributed by atoms with Crippen LogP contribution in [0.15, 0.2) is 40.9 Å². The van der Waals surface area contributed by atoms with E-state index in [1.54, 1.807) is 0 Å². The lowest BCUT2D eigenvalue weighted by molar-refractivity contribution is -0.132. The van der Waals surface area contributed by atoms with Gasteiger partial charge in [0, 0.05) is 23.1 Å². The van der Waals surface area contributed by atoms with Crippen molar-refractivity contribution in [1.82, 2.24) is 5.32 Å². The highest BCUT2D eigenvalue weighted by atomic mass is 79.9. The Morgan fingerprint density at radius 3 is 2.16 bits per heavy atom. The van der Waals surface area contributed by atoms with Crippen molar-refractivity contribution in [3.63, 3.8) is 0 Å². The van der Waals surface area contributed by atoms with E-state index in [0.717, 1.165) is 23.0 Å². The maximum absolute atomic E-state index is 13.1. The molecule has 2 saturated carbocycles. The lowest BCUT2D eigenvalue weighted by atomic mass is 9.81. The number of carbonyl (C=O) groups excluding carboxylic acids is 3. The summed E-state index contributed by atoms with van der Waals surface area (Å²) in [5.41, 5.74) is 5.97. The molecule has 1 aromatic rings. The summed E-state index contributed by atoms with van der Waals surface area (Å²) >= 11 is 3.39. The van der Waals surface area contributed by atoms with Crippen LogP contribution in [0.3, 0.4) is 0 Å². The summed E-state index contributed by atoms with van der Waals surface area (Å²) in [6.45, 7) is 0.146. The van der Waals surface area contributed by atoms with E-state index < -0.39 is 0 Å². The summed E-state index contributed by atoms with van der Waals surface area (Å²) < 4.78 is 0.943. The lowest BCUT2D eigenvalue weighted by Crippen LogP contribution is -2.42. The number of allylic oxidation sites excluding steroid dienone is 2.